The number of para-hydroxylation sites is 5. The van der Waals surface area contributed by atoms with E-state index in [1.807, 2.05) is 0 Å². The highest BCUT2D eigenvalue weighted by Gasteiger charge is 2.23. The first kappa shape index (κ1) is 42.5. The minimum Gasteiger partial charge on any atom is -0.309 e. The summed E-state index contributed by atoms with van der Waals surface area (Å²) < 4.78 is 6.98. The van der Waals surface area contributed by atoms with Gasteiger partial charge in [-0.1, -0.05) is 200 Å². The van der Waals surface area contributed by atoms with Crippen LogP contribution in [-0.4, -0.2) is 28.7 Å². The molecule has 15 rings (SSSR count). The Morgan fingerprint density at radius 3 is 1.41 bits per heavy atom. The summed E-state index contributed by atoms with van der Waals surface area (Å²) in [4.78, 5) is 16.5. The van der Waals surface area contributed by atoms with E-state index >= 15 is 0 Å². The van der Waals surface area contributed by atoms with E-state index in [9.17, 15) is 0 Å². The molecule has 0 saturated carbocycles. The van der Waals surface area contributed by atoms with Gasteiger partial charge in [-0.2, -0.15) is 9.97 Å². The molecule has 11 aromatic carbocycles. The molecular formula is C69H44N6. The molecule has 0 aliphatic rings. The van der Waals surface area contributed by atoms with Crippen molar-refractivity contribution in [1.82, 2.24) is 28.7 Å². The van der Waals surface area contributed by atoms with Crippen LogP contribution in [0.1, 0.15) is 0 Å². The fourth-order valence-corrected chi connectivity index (χ4v) is 11.6. The van der Waals surface area contributed by atoms with Crippen LogP contribution in [-0.2, 0) is 0 Å². The molecule has 4 aromatic heterocycles. The summed E-state index contributed by atoms with van der Waals surface area (Å²) in [6, 6.07) is 95.2. The molecule has 0 unspecified atom stereocenters. The van der Waals surface area contributed by atoms with Crippen molar-refractivity contribution in [2.45, 2.75) is 0 Å². The number of fused-ring (bicyclic) bond motifs is 9. The van der Waals surface area contributed by atoms with E-state index in [4.69, 9.17) is 15.0 Å². The van der Waals surface area contributed by atoms with E-state index in [-0.39, 0.29) is 0 Å². The molecule has 6 heteroatoms. The van der Waals surface area contributed by atoms with Crippen LogP contribution in [0.5, 0.6) is 0 Å². The summed E-state index contributed by atoms with van der Waals surface area (Å²) >= 11 is 0. The molecule has 75 heavy (non-hydrogen) atoms. The zero-order valence-electron chi connectivity index (χ0n) is 40.6. The predicted octanol–water partition coefficient (Wildman–Crippen LogP) is 17.5. The molecule has 6 nitrogen and oxygen atoms in total. The Balaban J connectivity index is 0.970. The van der Waals surface area contributed by atoms with Crippen LogP contribution in [0.4, 0.5) is 0 Å². The molecule has 350 valence electrons. The SMILES string of the molecule is c1ccc(-c2ccc3c(c2)c2c(-c4cccc(-c5nc(-c6cccc(-n7c8ccccc8c8ccccc87)c6)nc(-n6c7ccccc7c7cccc(-c8ccccc8)c76)n5)c4)cccc2n3-c2ccccc2)cc1. The van der Waals surface area contributed by atoms with Crippen molar-refractivity contribution < 1.29 is 0 Å². The number of hydrogen-bond acceptors (Lipinski definition) is 3. The summed E-state index contributed by atoms with van der Waals surface area (Å²) in [7, 11) is 0. The van der Waals surface area contributed by atoms with E-state index < -0.39 is 0 Å². The summed E-state index contributed by atoms with van der Waals surface area (Å²) in [6.45, 7) is 0. The van der Waals surface area contributed by atoms with Crippen LogP contribution in [0.25, 0.3) is 139 Å². The summed E-state index contributed by atoms with van der Waals surface area (Å²) in [5.74, 6) is 1.69. The Bertz CT molecular complexity index is 4650. The van der Waals surface area contributed by atoms with Crippen molar-refractivity contribution >= 4 is 65.4 Å². The lowest BCUT2D eigenvalue weighted by Gasteiger charge is -2.14. The highest BCUT2D eigenvalue weighted by molar-refractivity contribution is 6.17. The van der Waals surface area contributed by atoms with Crippen molar-refractivity contribution in [2.75, 3.05) is 0 Å². The largest absolute Gasteiger partial charge is 0.309 e. The normalized spacial score (nSPS) is 11.7. The molecule has 0 fully saturated rings. The second-order valence-corrected chi connectivity index (χ2v) is 19.2. The monoisotopic (exact) mass is 956 g/mol. The Labute approximate surface area is 432 Å². The molecule has 0 aliphatic carbocycles. The van der Waals surface area contributed by atoms with Crippen LogP contribution in [0, 0.1) is 0 Å². The van der Waals surface area contributed by atoms with Crippen molar-refractivity contribution in [3.8, 4) is 73.5 Å². The maximum atomic E-state index is 5.53. The predicted molar refractivity (Wildman–Crippen MR) is 310 cm³/mol. The van der Waals surface area contributed by atoms with E-state index in [1.165, 1.54) is 32.7 Å². The average Bonchev–Trinajstić information content (AvgIpc) is 4.20. The van der Waals surface area contributed by atoms with E-state index in [0.29, 0.717) is 17.6 Å². The van der Waals surface area contributed by atoms with E-state index in [1.54, 1.807) is 0 Å². The van der Waals surface area contributed by atoms with Gasteiger partial charge in [0.2, 0.25) is 5.95 Å². The Kier molecular flexibility index (Phi) is 9.78. The van der Waals surface area contributed by atoms with E-state index in [2.05, 4.69) is 281 Å². The average molecular weight is 957 g/mol. The first-order valence-corrected chi connectivity index (χ1v) is 25.4. The highest BCUT2D eigenvalue weighted by Crippen LogP contribution is 2.43. The van der Waals surface area contributed by atoms with Gasteiger partial charge in [-0.3, -0.25) is 4.57 Å². The lowest BCUT2D eigenvalue weighted by atomic mass is 9.96. The lowest BCUT2D eigenvalue weighted by Crippen LogP contribution is -2.07. The fraction of sp³-hybridized carbons (Fsp3) is 0. The van der Waals surface area contributed by atoms with Gasteiger partial charge in [0.1, 0.15) is 0 Å². The highest BCUT2D eigenvalue weighted by atomic mass is 15.2. The quantitative estimate of drug-likeness (QED) is 0.152. The molecule has 15 aromatic rings. The van der Waals surface area contributed by atoms with Crippen LogP contribution >= 0.6 is 0 Å². The maximum Gasteiger partial charge on any atom is 0.238 e. The van der Waals surface area contributed by atoms with Gasteiger partial charge in [0.05, 0.1) is 33.1 Å². The van der Waals surface area contributed by atoms with Gasteiger partial charge in [-0.05, 0) is 94.5 Å². The topological polar surface area (TPSA) is 53.5 Å². The van der Waals surface area contributed by atoms with Crippen LogP contribution in [0.15, 0.2) is 267 Å². The van der Waals surface area contributed by atoms with Crippen molar-refractivity contribution in [2.24, 2.45) is 0 Å². The molecule has 0 bridgehead atoms. The van der Waals surface area contributed by atoms with Gasteiger partial charge in [0.15, 0.2) is 11.6 Å². The van der Waals surface area contributed by atoms with Gasteiger partial charge in [-0.25, -0.2) is 4.98 Å². The molecule has 0 amide bonds. The number of aromatic nitrogens is 6. The summed E-state index contributed by atoms with van der Waals surface area (Å²) in [5.41, 5.74) is 17.3. The molecular weight excluding hydrogens is 913 g/mol. The van der Waals surface area contributed by atoms with Crippen LogP contribution < -0.4 is 0 Å². The second-order valence-electron chi connectivity index (χ2n) is 19.2. The third kappa shape index (κ3) is 6.92. The van der Waals surface area contributed by atoms with Crippen LogP contribution in [0.2, 0.25) is 0 Å². The van der Waals surface area contributed by atoms with Crippen molar-refractivity contribution in [1.29, 1.82) is 0 Å². The Morgan fingerprint density at radius 1 is 0.240 bits per heavy atom. The van der Waals surface area contributed by atoms with Crippen molar-refractivity contribution in [3.05, 3.63) is 267 Å². The number of hydrogen-bond donors (Lipinski definition) is 0. The molecule has 4 heterocycles. The second kappa shape index (κ2) is 17.3. The molecule has 0 atom stereocenters. The third-order valence-corrected chi connectivity index (χ3v) is 14.9. The van der Waals surface area contributed by atoms with Gasteiger partial charge in [0, 0.05) is 60.4 Å². The number of rotatable bonds is 8. The first-order chi connectivity index (χ1) is 37.2. The summed E-state index contributed by atoms with van der Waals surface area (Å²) in [5, 5.41) is 7.04. The minimum absolute atomic E-state index is 0.540. The lowest BCUT2D eigenvalue weighted by molar-refractivity contribution is 0.953. The number of nitrogens with zero attached hydrogens (tertiary/aromatic N) is 6. The Morgan fingerprint density at radius 2 is 0.707 bits per heavy atom. The first-order valence-electron chi connectivity index (χ1n) is 25.4. The van der Waals surface area contributed by atoms with Crippen molar-refractivity contribution in [3.63, 3.8) is 0 Å². The standard InChI is InChI=1S/C69H44N6/c1-4-20-45(21-5-1)47-40-41-63-59(44-47)65-53(33-19-39-64(65)73(63)51-27-8-3-9-28-51)48-24-16-25-49(42-48)67-70-68(50-26-17-29-52(43-50)74-60-36-13-10-30-55(60)56-31-11-14-37-61(56)74)72-69(71-67)75-62-38-15-12-32-57(62)58-35-18-34-54(66(58)75)46-22-6-2-7-23-46/h1-44H. The molecule has 0 radical (unpaired) electrons. The van der Waals surface area contributed by atoms with Gasteiger partial charge >= 0.3 is 0 Å². The zero-order chi connectivity index (χ0) is 49.4. The maximum absolute atomic E-state index is 5.53. The number of benzene rings is 11. The molecule has 0 aliphatic heterocycles. The smallest absolute Gasteiger partial charge is 0.238 e. The minimum atomic E-state index is 0.540. The van der Waals surface area contributed by atoms with Crippen LogP contribution in [0.3, 0.4) is 0 Å². The molecule has 0 spiro atoms. The fourth-order valence-electron chi connectivity index (χ4n) is 11.6. The van der Waals surface area contributed by atoms with Gasteiger partial charge < -0.3 is 9.13 Å². The Hall–Kier alpha value is -10.2. The van der Waals surface area contributed by atoms with Gasteiger partial charge in [-0.15, -0.1) is 0 Å². The summed E-state index contributed by atoms with van der Waals surface area (Å²) in [6.07, 6.45) is 0. The zero-order valence-corrected chi connectivity index (χ0v) is 40.6. The third-order valence-electron chi connectivity index (χ3n) is 14.9. The molecule has 0 saturated heterocycles. The van der Waals surface area contributed by atoms with Gasteiger partial charge in [0.25, 0.3) is 0 Å². The van der Waals surface area contributed by atoms with E-state index in [0.717, 1.165) is 88.6 Å². The molecule has 0 N–H and O–H groups in total.